The molecule has 2 rings (SSSR count). The van der Waals surface area contributed by atoms with Crippen molar-refractivity contribution in [2.24, 2.45) is 0 Å². The fourth-order valence-electron chi connectivity index (χ4n) is 2.07. The van der Waals surface area contributed by atoms with Gasteiger partial charge in [-0.2, -0.15) is 0 Å². The molecule has 0 aromatic heterocycles. The Morgan fingerprint density at radius 2 is 2.11 bits per heavy atom. The third-order valence-electron chi connectivity index (χ3n) is 3.22. The zero-order chi connectivity index (χ0) is 13.1. The van der Waals surface area contributed by atoms with Gasteiger partial charge in [0.05, 0.1) is 11.3 Å². The van der Waals surface area contributed by atoms with E-state index in [1.165, 1.54) is 12.1 Å². The van der Waals surface area contributed by atoms with Crippen LogP contribution in [0.1, 0.15) is 23.2 Å². The highest BCUT2D eigenvalue weighted by atomic mass is 16.5. The number of rotatable bonds is 3. The first-order valence-corrected chi connectivity index (χ1v) is 6.04. The van der Waals surface area contributed by atoms with Crippen LogP contribution < -0.4 is 10.5 Å². The van der Waals surface area contributed by atoms with E-state index in [4.69, 9.17) is 15.6 Å². The predicted octanol–water partition coefficient (Wildman–Crippen LogP) is 1.44. The SMILES string of the molecule is CN1CCC(Oc2ccc(C(=O)O)cc2N)CC1. The first-order valence-electron chi connectivity index (χ1n) is 6.04. The van der Waals surface area contributed by atoms with Crippen molar-refractivity contribution < 1.29 is 14.6 Å². The summed E-state index contributed by atoms with van der Waals surface area (Å²) in [5.74, 6) is -0.401. The van der Waals surface area contributed by atoms with Crippen LogP contribution in [0.15, 0.2) is 18.2 Å². The summed E-state index contributed by atoms with van der Waals surface area (Å²) in [5.41, 5.74) is 6.37. The number of aromatic carboxylic acids is 1. The average molecular weight is 250 g/mol. The molecular weight excluding hydrogens is 232 g/mol. The zero-order valence-electron chi connectivity index (χ0n) is 10.4. The van der Waals surface area contributed by atoms with E-state index >= 15 is 0 Å². The largest absolute Gasteiger partial charge is 0.488 e. The van der Waals surface area contributed by atoms with Gasteiger partial charge < -0.3 is 20.5 Å². The molecule has 1 aromatic rings. The lowest BCUT2D eigenvalue weighted by Crippen LogP contribution is -2.35. The van der Waals surface area contributed by atoms with Crippen molar-refractivity contribution in [3.05, 3.63) is 23.8 Å². The van der Waals surface area contributed by atoms with Gasteiger partial charge in [-0.25, -0.2) is 4.79 Å². The monoisotopic (exact) mass is 250 g/mol. The van der Waals surface area contributed by atoms with E-state index in [0.717, 1.165) is 25.9 Å². The average Bonchev–Trinajstić information content (AvgIpc) is 2.34. The number of benzene rings is 1. The lowest BCUT2D eigenvalue weighted by Gasteiger charge is -2.29. The van der Waals surface area contributed by atoms with Crippen molar-refractivity contribution in [1.29, 1.82) is 0 Å². The van der Waals surface area contributed by atoms with Gasteiger partial charge in [-0.1, -0.05) is 0 Å². The van der Waals surface area contributed by atoms with Crippen molar-refractivity contribution in [3.63, 3.8) is 0 Å². The maximum absolute atomic E-state index is 10.8. The molecule has 0 spiro atoms. The van der Waals surface area contributed by atoms with Crippen LogP contribution in [0.25, 0.3) is 0 Å². The van der Waals surface area contributed by atoms with Crippen LogP contribution in [0.4, 0.5) is 5.69 Å². The molecule has 0 unspecified atom stereocenters. The summed E-state index contributed by atoms with van der Waals surface area (Å²) < 4.78 is 5.82. The standard InChI is InChI=1S/C13H18N2O3/c1-15-6-4-10(5-7-15)18-12-3-2-9(13(16)17)8-11(12)14/h2-3,8,10H,4-7,14H2,1H3,(H,16,17). The number of carboxylic acid groups (broad SMARTS) is 1. The van der Waals surface area contributed by atoms with Crippen molar-refractivity contribution in [2.45, 2.75) is 18.9 Å². The van der Waals surface area contributed by atoms with Gasteiger partial charge >= 0.3 is 5.97 Å². The van der Waals surface area contributed by atoms with E-state index in [1.807, 2.05) is 0 Å². The number of hydrogen-bond acceptors (Lipinski definition) is 4. The van der Waals surface area contributed by atoms with E-state index in [1.54, 1.807) is 6.07 Å². The summed E-state index contributed by atoms with van der Waals surface area (Å²) in [6.07, 6.45) is 2.10. The highest BCUT2D eigenvalue weighted by molar-refractivity contribution is 5.89. The van der Waals surface area contributed by atoms with Gasteiger partial charge in [0.1, 0.15) is 11.9 Å². The molecule has 0 atom stereocenters. The number of nitrogens with zero attached hydrogens (tertiary/aromatic N) is 1. The van der Waals surface area contributed by atoms with E-state index in [9.17, 15) is 4.79 Å². The number of nitrogen functional groups attached to an aromatic ring is 1. The molecule has 1 fully saturated rings. The Bertz CT molecular complexity index is 440. The third-order valence-corrected chi connectivity index (χ3v) is 3.22. The molecule has 5 heteroatoms. The molecule has 18 heavy (non-hydrogen) atoms. The lowest BCUT2D eigenvalue weighted by molar-refractivity contribution is 0.0697. The number of ether oxygens (including phenoxy) is 1. The van der Waals surface area contributed by atoms with Crippen LogP contribution in [0.5, 0.6) is 5.75 Å². The molecule has 1 saturated heterocycles. The van der Waals surface area contributed by atoms with Crippen molar-refractivity contribution in [1.82, 2.24) is 4.90 Å². The topological polar surface area (TPSA) is 75.8 Å². The Morgan fingerprint density at radius 3 is 2.67 bits per heavy atom. The quantitative estimate of drug-likeness (QED) is 0.794. The Morgan fingerprint density at radius 1 is 1.44 bits per heavy atom. The first-order chi connectivity index (χ1) is 8.56. The summed E-state index contributed by atoms with van der Waals surface area (Å²) in [7, 11) is 2.09. The molecule has 98 valence electrons. The Labute approximate surface area is 106 Å². The summed E-state index contributed by atoms with van der Waals surface area (Å²) >= 11 is 0. The Kier molecular flexibility index (Phi) is 3.72. The number of carboxylic acids is 1. The van der Waals surface area contributed by atoms with Crippen LogP contribution >= 0.6 is 0 Å². The van der Waals surface area contributed by atoms with E-state index < -0.39 is 5.97 Å². The van der Waals surface area contributed by atoms with Crippen LogP contribution in [0.3, 0.4) is 0 Å². The molecule has 0 saturated carbocycles. The van der Waals surface area contributed by atoms with E-state index in [2.05, 4.69) is 11.9 Å². The highest BCUT2D eigenvalue weighted by Gasteiger charge is 2.19. The molecule has 1 aromatic carbocycles. The maximum atomic E-state index is 10.8. The van der Waals surface area contributed by atoms with E-state index in [-0.39, 0.29) is 11.7 Å². The summed E-state index contributed by atoms with van der Waals surface area (Å²) in [5, 5.41) is 8.85. The molecule has 0 aliphatic carbocycles. The van der Waals surface area contributed by atoms with Gasteiger partial charge in [0.15, 0.2) is 0 Å². The number of likely N-dealkylation sites (tertiary alicyclic amines) is 1. The van der Waals surface area contributed by atoms with Gasteiger partial charge in [-0.15, -0.1) is 0 Å². The second-order valence-electron chi connectivity index (χ2n) is 4.68. The molecule has 1 heterocycles. The van der Waals surface area contributed by atoms with Gasteiger partial charge in [-0.3, -0.25) is 0 Å². The van der Waals surface area contributed by atoms with Crippen molar-refractivity contribution in [3.8, 4) is 5.75 Å². The second-order valence-corrected chi connectivity index (χ2v) is 4.68. The molecule has 3 N–H and O–H groups in total. The van der Waals surface area contributed by atoms with Crippen LogP contribution in [-0.4, -0.2) is 42.2 Å². The number of anilines is 1. The normalized spacial score (nSPS) is 17.6. The van der Waals surface area contributed by atoms with Crippen LogP contribution in [0, 0.1) is 0 Å². The van der Waals surface area contributed by atoms with Crippen molar-refractivity contribution in [2.75, 3.05) is 25.9 Å². The van der Waals surface area contributed by atoms with Gasteiger partial charge in [-0.05, 0) is 38.1 Å². The van der Waals surface area contributed by atoms with Gasteiger partial charge in [0, 0.05) is 13.1 Å². The number of piperidine rings is 1. The zero-order valence-corrected chi connectivity index (χ0v) is 10.4. The minimum Gasteiger partial charge on any atom is -0.488 e. The first kappa shape index (κ1) is 12.7. The maximum Gasteiger partial charge on any atom is 0.335 e. The minimum atomic E-state index is -0.979. The molecule has 0 amide bonds. The summed E-state index contributed by atoms with van der Waals surface area (Å²) in [4.78, 5) is 13.0. The predicted molar refractivity (Wildman–Crippen MR) is 69.0 cm³/mol. The summed E-state index contributed by atoms with van der Waals surface area (Å²) in [6.45, 7) is 2.02. The van der Waals surface area contributed by atoms with Gasteiger partial charge in [0.25, 0.3) is 0 Å². The fraction of sp³-hybridized carbons (Fsp3) is 0.462. The highest BCUT2D eigenvalue weighted by Crippen LogP contribution is 2.26. The Hall–Kier alpha value is -1.75. The third kappa shape index (κ3) is 2.92. The molecule has 1 aliphatic rings. The van der Waals surface area contributed by atoms with Crippen LogP contribution in [-0.2, 0) is 0 Å². The Balaban J connectivity index is 2.03. The smallest absolute Gasteiger partial charge is 0.335 e. The lowest BCUT2D eigenvalue weighted by atomic mass is 10.1. The number of nitrogens with two attached hydrogens (primary N) is 1. The molecule has 5 nitrogen and oxygen atoms in total. The van der Waals surface area contributed by atoms with E-state index in [0.29, 0.717) is 11.4 Å². The second kappa shape index (κ2) is 5.27. The fourth-order valence-corrected chi connectivity index (χ4v) is 2.07. The molecule has 1 aliphatic heterocycles. The van der Waals surface area contributed by atoms with Crippen LogP contribution in [0.2, 0.25) is 0 Å². The summed E-state index contributed by atoms with van der Waals surface area (Å²) in [6, 6.07) is 4.59. The van der Waals surface area contributed by atoms with Crippen molar-refractivity contribution >= 4 is 11.7 Å². The van der Waals surface area contributed by atoms with Gasteiger partial charge in [0.2, 0.25) is 0 Å². The minimum absolute atomic E-state index is 0.166. The molecular formula is C13H18N2O3. The molecule has 0 radical (unpaired) electrons. The molecule has 0 bridgehead atoms. The number of hydrogen-bond donors (Lipinski definition) is 2. The number of carbonyl (C=O) groups is 1.